The maximum Gasteiger partial charge on any atom is 0.243 e. The molecule has 0 bridgehead atoms. The SMILES string of the molecule is Cc1ccc(S(=O)(=O)N(CC(=O)NCc2ccncc2)Cc2cccc(Cl)c2)cc1. The lowest BCUT2D eigenvalue weighted by atomic mass is 10.2. The maximum absolute atomic E-state index is 13.2. The van der Waals surface area contributed by atoms with Crippen molar-refractivity contribution >= 4 is 27.5 Å². The number of rotatable bonds is 8. The van der Waals surface area contributed by atoms with Crippen molar-refractivity contribution in [2.75, 3.05) is 6.54 Å². The summed E-state index contributed by atoms with van der Waals surface area (Å²) in [6.07, 6.45) is 3.27. The second-order valence-corrected chi connectivity index (χ2v) is 9.22. The first-order valence-electron chi connectivity index (χ1n) is 9.31. The molecule has 1 amide bonds. The Kier molecular flexibility index (Phi) is 7.20. The summed E-state index contributed by atoms with van der Waals surface area (Å²) in [5.41, 5.74) is 2.52. The minimum Gasteiger partial charge on any atom is -0.351 e. The van der Waals surface area contributed by atoms with E-state index in [1.165, 1.54) is 0 Å². The van der Waals surface area contributed by atoms with Crippen molar-refractivity contribution in [1.82, 2.24) is 14.6 Å². The van der Waals surface area contributed by atoms with Gasteiger partial charge in [-0.15, -0.1) is 0 Å². The van der Waals surface area contributed by atoms with E-state index in [-0.39, 0.29) is 24.5 Å². The maximum atomic E-state index is 13.2. The Hall–Kier alpha value is -2.74. The van der Waals surface area contributed by atoms with Crippen LogP contribution < -0.4 is 5.32 Å². The number of benzene rings is 2. The third-order valence-corrected chi connectivity index (χ3v) is 6.51. The summed E-state index contributed by atoms with van der Waals surface area (Å²) < 4.78 is 27.7. The number of carbonyl (C=O) groups excluding carboxylic acids is 1. The van der Waals surface area contributed by atoms with Crippen molar-refractivity contribution in [3.05, 3.63) is 94.8 Å². The molecule has 8 heteroatoms. The van der Waals surface area contributed by atoms with Crippen LogP contribution in [0.3, 0.4) is 0 Å². The van der Waals surface area contributed by atoms with Crippen LogP contribution >= 0.6 is 11.6 Å². The molecule has 1 aromatic heterocycles. The van der Waals surface area contributed by atoms with Crippen molar-refractivity contribution in [2.24, 2.45) is 0 Å². The molecule has 0 fully saturated rings. The highest BCUT2D eigenvalue weighted by molar-refractivity contribution is 7.89. The minimum absolute atomic E-state index is 0.0272. The van der Waals surface area contributed by atoms with Gasteiger partial charge in [0.25, 0.3) is 0 Å². The molecule has 2 aromatic carbocycles. The molecule has 3 aromatic rings. The van der Waals surface area contributed by atoms with E-state index in [0.29, 0.717) is 10.6 Å². The number of pyridine rings is 1. The molecule has 6 nitrogen and oxygen atoms in total. The molecular formula is C22H22ClN3O3S. The van der Waals surface area contributed by atoms with E-state index in [1.54, 1.807) is 73.1 Å². The Labute approximate surface area is 181 Å². The summed E-state index contributed by atoms with van der Waals surface area (Å²) in [7, 11) is -3.89. The van der Waals surface area contributed by atoms with Crippen LogP contribution in [0.5, 0.6) is 0 Å². The lowest BCUT2D eigenvalue weighted by Crippen LogP contribution is -2.40. The van der Waals surface area contributed by atoms with Gasteiger partial charge in [0.2, 0.25) is 15.9 Å². The number of nitrogens with zero attached hydrogens (tertiary/aromatic N) is 2. The molecule has 0 aliphatic carbocycles. The van der Waals surface area contributed by atoms with E-state index in [4.69, 9.17) is 11.6 Å². The van der Waals surface area contributed by atoms with Gasteiger partial charge in [-0.3, -0.25) is 9.78 Å². The first-order valence-corrected chi connectivity index (χ1v) is 11.1. The molecule has 1 heterocycles. The number of hydrogen-bond donors (Lipinski definition) is 1. The number of hydrogen-bond acceptors (Lipinski definition) is 4. The zero-order chi connectivity index (χ0) is 21.6. The first kappa shape index (κ1) is 22.0. The summed E-state index contributed by atoms with van der Waals surface area (Å²) in [6.45, 7) is 1.89. The molecule has 0 saturated heterocycles. The molecule has 0 saturated carbocycles. The monoisotopic (exact) mass is 443 g/mol. The van der Waals surface area contributed by atoms with E-state index in [9.17, 15) is 13.2 Å². The van der Waals surface area contributed by atoms with Gasteiger partial charge >= 0.3 is 0 Å². The molecule has 0 atom stereocenters. The molecule has 0 unspecified atom stereocenters. The summed E-state index contributed by atoms with van der Waals surface area (Å²) in [4.78, 5) is 16.6. The van der Waals surface area contributed by atoms with Crippen molar-refractivity contribution < 1.29 is 13.2 Å². The van der Waals surface area contributed by atoms with Crippen LogP contribution in [0.25, 0.3) is 0 Å². The van der Waals surface area contributed by atoms with Gasteiger partial charge in [0, 0.05) is 30.5 Å². The van der Waals surface area contributed by atoms with E-state index in [1.807, 2.05) is 6.92 Å². The lowest BCUT2D eigenvalue weighted by Gasteiger charge is -2.22. The highest BCUT2D eigenvalue weighted by Crippen LogP contribution is 2.20. The largest absolute Gasteiger partial charge is 0.351 e. The standard InChI is InChI=1S/C22H22ClN3O3S/c1-17-5-7-21(8-6-17)30(28,29)26(15-19-3-2-4-20(23)13-19)16-22(27)25-14-18-9-11-24-12-10-18/h2-13H,14-16H2,1H3,(H,25,27). The van der Waals surface area contributed by atoms with Crippen LogP contribution in [0.4, 0.5) is 0 Å². The molecule has 0 aliphatic rings. The smallest absolute Gasteiger partial charge is 0.243 e. The number of sulfonamides is 1. The Morgan fingerprint density at radius 3 is 2.40 bits per heavy atom. The number of carbonyl (C=O) groups is 1. The Morgan fingerprint density at radius 1 is 1.03 bits per heavy atom. The van der Waals surface area contributed by atoms with Crippen molar-refractivity contribution in [3.8, 4) is 0 Å². The van der Waals surface area contributed by atoms with Crippen LogP contribution in [0, 0.1) is 6.92 Å². The van der Waals surface area contributed by atoms with Gasteiger partial charge in [-0.2, -0.15) is 4.31 Å². The molecule has 1 N–H and O–H groups in total. The van der Waals surface area contributed by atoms with Gasteiger partial charge in [-0.25, -0.2) is 8.42 Å². The van der Waals surface area contributed by atoms with E-state index < -0.39 is 15.9 Å². The van der Waals surface area contributed by atoms with Crippen LogP contribution in [0.1, 0.15) is 16.7 Å². The topological polar surface area (TPSA) is 79.4 Å². The van der Waals surface area contributed by atoms with Gasteiger partial charge in [-0.05, 0) is 54.4 Å². The van der Waals surface area contributed by atoms with Gasteiger partial charge in [0.15, 0.2) is 0 Å². The number of aryl methyl sites for hydroxylation is 1. The molecule has 30 heavy (non-hydrogen) atoms. The van der Waals surface area contributed by atoms with E-state index in [2.05, 4.69) is 10.3 Å². The van der Waals surface area contributed by atoms with Crippen molar-refractivity contribution in [3.63, 3.8) is 0 Å². The zero-order valence-electron chi connectivity index (χ0n) is 16.5. The lowest BCUT2D eigenvalue weighted by molar-refractivity contribution is -0.121. The summed E-state index contributed by atoms with van der Waals surface area (Å²) in [5, 5.41) is 3.26. The van der Waals surface area contributed by atoms with Gasteiger partial charge in [0.05, 0.1) is 11.4 Å². The fourth-order valence-electron chi connectivity index (χ4n) is 2.84. The Morgan fingerprint density at radius 2 is 1.73 bits per heavy atom. The van der Waals surface area contributed by atoms with Crippen LogP contribution in [0.15, 0.2) is 78.0 Å². The summed E-state index contributed by atoms with van der Waals surface area (Å²) in [6, 6.07) is 17.0. The third-order valence-electron chi connectivity index (χ3n) is 4.47. The normalized spacial score (nSPS) is 11.4. The molecule has 0 aliphatic heterocycles. The zero-order valence-corrected chi connectivity index (χ0v) is 18.0. The van der Waals surface area contributed by atoms with Crippen LogP contribution in [-0.2, 0) is 27.9 Å². The van der Waals surface area contributed by atoms with E-state index in [0.717, 1.165) is 15.4 Å². The van der Waals surface area contributed by atoms with E-state index >= 15 is 0 Å². The van der Waals surface area contributed by atoms with Crippen LogP contribution in [-0.4, -0.2) is 30.2 Å². The predicted octanol–water partition coefficient (Wildman–Crippen LogP) is 3.55. The highest BCUT2D eigenvalue weighted by Gasteiger charge is 2.27. The highest BCUT2D eigenvalue weighted by atomic mass is 35.5. The Bertz CT molecular complexity index is 1100. The van der Waals surface area contributed by atoms with Crippen molar-refractivity contribution in [2.45, 2.75) is 24.9 Å². The van der Waals surface area contributed by atoms with Gasteiger partial charge < -0.3 is 5.32 Å². The third kappa shape index (κ3) is 5.89. The molecule has 0 radical (unpaired) electrons. The summed E-state index contributed by atoms with van der Waals surface area (Å²) >= 11 is 6.05. The second kappa shape index (κ2) is 9.84. The quantitative estimate of drug-likeness (QED) is 0.577. The van der Waals surface area contributed by atoms with Gasteiger partial charge in [-0.1, -0.05) is 41.4 Å². The fraction of sp³-hybridized carbons (Fsp3) is 0.182. The minimum atomic E-state index is -3.89. The summed E-state index contributed by atoms with van der Waals surface area (Å²) in [5.74, 6) is -0.399. The van der Waals surface area contributed by atoms with Crippen LogP contribution in [0.2, 0.25) is 5.02 Å². The first-order chi connectivity index (χ1) is 14.3. The molecular weight excluding hydrogens is 422 g/mol. The number of nitrogens with one attached hydrogen (secondary N) is 1. The molecule has 156 valence electrons. The molecule has 0 spiro atoms. The molecule has 3 rings (SSSR count). The Balaban J connectivity index is 1.81. The number of aromatic nitrogens is 1. The van der Waals surface area contributed by atoms with Gasteiger partial charge in [0.1, 0.15) is 0 Å². The average molecular weight is 444 g/mol. The predicted molar refractivity (Wildman–Crippen MR) is 116 cm³/mol. The fourth-order valence-corrected chi connectivity index (χ4v) is 4.44. The number of amides is 1. The average Bonchev–Trinajstić information content (AvgIpc) is 2.73. The second-order valence-electron chi connectivity index (χ2n) is 6.85. The number of halogens is 1. The van der Waals surface area contributed by atoms with Crippen molar-refractivity contribution in [1.29, 1.82) is 0 Å².